The number of ether oxygens (including phenoxy) is 2. The van der Waals surface area contributed by atoms with Gasteiger partial charge in [0, 0.05) is 0 Å². The summed E-state index contributed by atoms with van der Waals surface area (Å²) in [6.07, 6.45) is -0.606. The predicted molar refractivity (Wildman–Crippen MR) is 103 cm³/mol. The third-order valence-electron chi connectivity index (χ3n) is 3.11. The van der Waals surface area contributed by atoms with Gasteiger partial charge >= 0.3 is 18.1 Å². The third-order valence-corrected chi connectivity index (χ3v) is 3.11. The van der Waals surface area contributed by atoms with E-state index in [1.807, 2.05) is 0 Å². The smallest absolute Gasteiger partial charge is 0.408 e. The molecule has 0 bridgehead atoms. The molecule has 0 aromatic carbocycles. The zero-order valence-corrected chi connectivity index (χ0v) is 18.2. The Labute approximate surface area is 170 Å². The van der Waals surface area contributed by atoms with Gasteiger partial charge in [-0.15, -0.1) is 0 Å². The number of esters is 1. The van der Waals surface area contributed by atoms with E-state index < -0.39 is 41.4 Å². The summed E-state index contributed by atoms with van der Waals surface area (Å²) in [6.45, 7) is 13.6. The fraction of sp³-hybridized carbons (Fsp3) is 0.722. The number of hydrogen-bond donors (Lipinski definition) is 3. The molecule has 1 aromatic rings. The first-order chi connectivity index (χ1) is 13.2. The fourth-order valence-corrected chi connectivity index (χ4v) is 1.92. The lowest BCUT2D eigenvalue weighted by atomic mass is 10.2. The van der Waals surface area contributed by atoms with E-state index in [4.69, 9.17) is 14.0 Å². The fourth-order valence-electron chi connectivity index (χ4n) is 1.92. The Balaban J connectivity index is 2.48. The molecule has 0 spiro atoms. The summed E-state index contributed by atoms with van der Waals surface area (Å²) in [6, 6.07) is -1.98. The SMILES string of the molecule is CC(NC(=O)NCc1nc(C(C)NC(=O)OC(C)(C)C)no1)C(=O)OC(C)(C)C. The van der Waals surface area contributed by atoms with E-state index in [-0.39, 0.29) is 18.3 Å². The molecule has 29 heavy (non-hydrogen) atoms. The maximum Gasteiger partial charge on any atom is 0.408 e. The number of urea groups is 1. The minimum Gasteiger partial charge on any atom is -0.458 e. The summed E-state index contributed by atoms with van der Waals surface area (Å²) in [5.74, 6) is -0.178. The topological polar surface area (TPSA) is 145 Å². The number of amides is 3. The van der Waals surface area contributed by atoms with Gasteiger partial charge in [0.25, 0.3) is 0 Å². The van der Waals surface area contributed by atoms with Gasteiger partial charge in [0.05, 0.1) is 12.6 Å². The second-order valence-corrected chi connectivity index (χ2v) is 8.50. The number of alkyl carbamates (subject to hydrolysis) is 1. The number of nitrogens with one attached hydrogen (secondary N) is 3. The first-order valence-corrected chi connectivity index (χ1v) is 9.25. The summed E-state index contributed by atoms with van der Waals surface area (Å²) in [7, 11) is 0. The minimum atomic E-state index is -0.828. The molecule has 1 heterocycles. The zero-order chi connectivity index (χ0) is 22.4. The van der Waals surface area contributed by atoms with Gasteiger partial charge in [-0.1, -0.05) is 5.16 Å². The van der Waals surface area contributed by atoms with Crippen LogP contribution in [0.5, 0.6) is 0 Å². The minimum absolute atomic E-state index is 0.0565. The molecule has 0 aliphatic carbocycles. The van der Waals surface area contributed by atoms with Gasteiger partial charge in [-0.2, -0.15) is 4.98 Å². The van der Waals surface area contributed by atoms with Crippen LogP contribution in [0.2, 0.25) is 0 Å². The van der Waals surface area contributed by atoms with Crippen LogP contribution in [0.3, 0.4) is 0 Å². The summed E-state index contributed by atoms with van der Waals surface area (Å²) < 4.78 is 15.4. The van der Waals surface area contributed by atoms with E-state index in [0.717, 1.165) is 0 Å². The van der Waals surface area contributed by atoms with Crippen molar-refractivity contribution < 1.29 is 28.4 Å². The number of rotatable bonds is 6. The van der Waals surface area contributed by atoms with Crippen molar-refractivity contribution in [3.05, 3.63) is 11.7 Å². The lowest BCUT2D eigenvalue weighted by molar-refractivity contribution is -0.156. The average molecular weight is 413 g/mol. The lowest BCUT2D eigenvalue weighted by Gasteiger charge is -2.22. The molecule has 2 unspecified atom stereocenters. The highest BCUT2D eigenvalue weighted by Gasteiger charge is 2.24. The Bertz CT molecular complexity index is 719. The molecule has 11 heteroatoms. The maximum atomic E-state index is 11.9. The van der Waals surface area contributed by atoms with E-state index >= 15 is 0 Å². The Kier molecular flexibility index (Phi) is 7.98. The van der Waals surface area contributed by atoms with Crippen LogP contribution in [0.1, 0.15) is 73.1 Å². The molecule has 1 aromatic heterocycles. The molecule has 3 amide bonds. The molecular weight excluding hydrogens is 382 g/mol. The van der Waals surface area contributed by atoms with Crippen molar-refractivity contribution in [1.29, 1.82) is 0 Å². The predicted octanol–water partition coefficient (Wildman–Crippen LogP) is 2.18. The van der Waals surface area contributed by atoms with E-state index in [2.05, 4.69) is 26.1 Å². The second kappa shape index (κ2) is 9.57. The van der Waals surface area contributed by atoms with Gasteiger partial charge in [-0.05, 0) is 55.4 Å². The molecule has 164 valence electrons. The van der Waals surface area contributed by atoms with Gasteiger partial charge in [0.1, 0.15) is 17.2 Å². The van der Waals surface area contributed by atoms with Crippen molar-refractivity contribution in [1.82, 2.24) is 26.1 Å². The van der Waals surface area contributed by atoms with Crippen molar-refractivity contribution in [3.63, 3.8) is 0 Å². The monoisotopic (exact) mass is 413 g/mol. The maximum absolute atomic E-state index is 11.9. The van der Waals surface area contributed by atoms with Gasteiger partial charge in [0.2, 0.25) is 5.89 Å². The zero-order valence-electron chi connectivity index (χ0n) is 18.2. The van der Waals surface area contributed by atoms with Crippen LogP contribution in [-0.4, -0.2) is 45.5 Å². The van der Waals surface area contributed by atoms with Gasteiger partial charge < -0.3 is 29.9 Å². The highest BCUT2D eigenvalue weighted by Crippen LogP contribution is 2.12. The Hall–Kier alpha value is -2.85. The molecule has 1 rings (SSSR count). The highest BCUT2D eigenvalue weighted by atomic mass is 16.6. The standard InChI is InChI=1S/C18H31N5O6/c1-10(21-16(26)28-18(6,7)8)13-22-12(29-23-13)9-19-15(25)20-11(2)14(24)27-17(3,4)5/h10-11H,9H2,1-8H3,(H,21,26)(H2,19,20,25). The van der Waals surface area contributed by atoms with Crippen molar-refractivity contribution in [2.75, 3.05) is 0 Å². The van der Waals surface area contributed by atoms with Gasteiger partial charge in [-0.25, -0.2) is 14.4 Å². The van der Waals surface area contributed by atoms with Crippen LogP contribution in [0.4, 0.5) is 9.59 Å². The van der Waals surface area contributed by atoms with Crippen LogP contribution in [0, 0.1) is 0 Å². The number of hydrogen-bond acceptors (Lipinski definition) is 8. The molecule has 0 radical (unpaired) electrons. The molecule has 11 nitrogen and oxygen atoms in total. The molecule has 2 atom stereocenters. The molecular formula is C18H31N5O6. The summed E-state index contributed by atoms with van der Waals surface area (Å²) >= 11 is 0. The number of nitrogens with zero attached hydrogens (tertiary/aromatic N) is 2. The average Bonchev–Trinajstić information content (AvgIpc) is 2.98. The van der Waals surface area contributed by atoms with Crippen molar-refractivity contribution in [3.8, 4) is 0 Å². The number of aromatic nitrogens is 2. The van der Waals surface area contributed by atoms with Crippen LogP contribution in [-0.2, 0) is 20.8 Å². The van der Waals surface area contributed by atoms with Gasteiger partial charge in [0.15, 0.2) is 5.82 Å². The van der Waals surface area contributed by atoms with Crippen molar-refractivity contribution >= 4 is 18.1 Å². The first-order valence-electron chi connectivity index (χ1n) is 9.25. The normalized spacial score (nSPS) is 13.8. The summed E-state index contributed by atoms with van der Waals surface area (Å²) in [5, 5.41) is 11.3. The Morgan fingerprint density at radius 3 is 2.14 bits per heavy atom. The van der Waals surface area contributed by atoms with E-state index in [1.165, 1.54) is 6.92 Å². The van der Waals surface area contributed by atoms with Gasteiger partial charge in [-0.3, -0.25) is 0 Å². The lowest BCUT2D eigenvalue weighted by Crippen LogP contribution is -2.46. The quantitative estimate of drug-likeness (QED) is 0.602. The Morgan fingerprint density at radius 2 is 1.59 bits per heavy atom. The summed E-state index contributed by atoms with van der Waals surface area (Å²) in [5.41, 5.74) is -1.27. The molecule has 0 saturated carbocycles. The third kappa shape index (κ3) is 9.77. The summed E-state index contributed by atoms with van der Waals surface area (Å²) in [4.78, 5) is 39.7. The molecule has 0 saturated heterocycles. The van der Waals surface area contributed by atoms with Crippen LogP contribution < -0.4 is 16.0 Å². The van der Waals surface area contributed by atoms with Crippen LogP contribution in [0.15, 0.2) is 4.52 Å². The number of carbonyl (C=O) groups excluding carboxylic acids is 3. The molecule has 0 fully saturated rings. The van der Waals surface area contributed by atoms with E-state index in [9.17, 15) is 14.4 Å². The molecule has 0 aliphatic heterocycles. The largest absolute Gasteiger partial charge is 0.458 e. The van der Waals surface area contributed by atoms with Crippen molar-refractivity contribution in [2.24, 2.45) is 0 Å². The van der Waals surface area contributed by atoms with Crippen LogP contribution >= 0.6 is 0 Å². The first kappa shape index (κ1) is 24.2. The Morgan fingerprint density at radius 1 is 1.00 bits per heavy atom. The van der Waals surface area contributed by atoms with E-state index in [1.54, 1.807) is 48.5 Å². The molecule has 0 aliphatic rings. The number of carbonyl (C=O) groups is 3. The van der Waals surface area contributed by atoms with E-state index in [0.29, 0.717) is 0 Å². The second-order valence-electron chi connectivity index (χ2n) is 8.50. The highest BCUT2D eigenvalue weighted by molar-refractivity contribution is 5.83. The molecule has 3 N–H and O–H groups in total. The van der Waals surface area contributed by atoms with Crippen LogP contribution in [0.25, 0.3) is 0 Å². The van der Waals surface area contributed by atoms with Crippen molar-refractivity contribution in [2.45, 2.75) is 85.2 Å².